The second-order valence-electron chi connectivity index (χ2n) is 5.41. The molecule has 2 atom stereocenters. The molecule has 0 unspecified atom stereocenters. The van der Waals surface area contributed by atoms with Gasteiger partial charge >= 0.3 is 0 Å². The predicted molar refractivity (Wildman–Crippen MR) is 67.1 cm³/mol. The Balaban J connectivity index is 1.64. The second-order valence-corrected chi connectivity index (χ2v) is 5.41. The number of aliphatic hydroxyl groups excluding tert-OH is 1. The minimum atomic E-state index is -0.346. The fourth-order valence-electron chi connectivity index (χ4n) is 3.11. The third kappa shape index (κ3) is 2.06. The van der Waals surface area contributed by atoms with Gasteiger partial charge in [0.2, 0.25) is 0 Å². The van der Waals surface area contributed by atoms with E-state index in [9.17, 15) is 5.11 Å². The molecule has 3 heterocycles. The van der Waals surface area contributed by atoms with Gasteiger partial charge in [0.1, 0.15) is 5.60 Å². The zero-order chi connectivity index (χ0) is 12.6. The van der Waals surface area contributed by atoms with E-state index in [1.807, 2.05) is 10.9 Å². The smallest absolute Gasteiger partial charge is 0.108 e. The molecule has 2 saturated heterocycles. The summed E-state index contributed by atoms with van der Waals surface area (Å²) in [6.45, 7) is 6.16. The van der Waals surface area contributed by atoms with E-state index in [1.165, 1.54) is 5.56 Å². The molecule has 0 amide bonds. The third-order valence-corrected chi connectivity index (χ3v) is 4.08. The monoisotopic (exact) mass is 251 g/mol. The Morgan fingerprint density at radius 1 is 1.61 bits per heavy atom. The first-order chi connectivity index (χ1) is 8.72. The van der Waals surface area contributed by atoms with Gasteiger partial charge in [0.05, 0.1) is 12.3 Å². The van der Waals surface area contributed by atoms with Gasteiger partial charge in [-0.25, -0.2) is 0 Å². The maximum Gasteiger partial charge on any atom is 0.108 e. The Labute approximate surface area is 107 Å². The lowest BCUT2D eigenvalue weighted by Gasteiger charge is -2.25. The average Bonchev–Trinajstić information content (AvgIpc) is 3.04. The van der Waals surface area contributed by atoms with Crippen molar-refractivity contribution in [2.24, 2.45) is 0 Å². The van der Waals surface area contributed by atoms with E-state index in [1.54, 1.807) is 0 Å². The van der Waals surface area contributed by atoms with Gasteiger partial charge in [-0.05, 0) is 19.8 Å². The van der Waals surface area contributed by atoms with E-state index in [-0.39, 0.29) is 11.7 Å². The Morgan fingerprint density at radius 2 is 2.50 bits per heavy atom. The van der Waals surface area contributed by atoms with E-state index in [0.717, 1.165) is 39.1 Å². The Bertz CT molecular complexity index is 412. The number of likely N-dealkylation sites (tertiary alicyclic amines) is 1. The molecule has 5 heteroatoms. The van der Waals surface area contributed by atoms with Gasteiger partial charge in [0.15, 0.2) is 0 Å². The number of rotatable bonds is 3. The predicted octanol–water partition coefficient (Wildman–Crippen LogP) is 0.629. The van der Waals surface area contributed by atoms with Crippen LogP contribution < -0.4 is 0 Å². The van der Waals surface area contributed by atoms with E-state index < -0.39 is 0 Å². The van der Waals surface area contributed by atoms with Gasteiger partial charge in [0, 0.05) is 44.5 Å². The molecule has 3 rings (SSSR count). The van der Waals surface area contributed by atoms with Crippen LogP contribution in [0.5, 0.6) is 0 Å². The highest BCUT2D eigenvalue weighted by molar-refractivity contribution is 5.08. The summed E-state index contributed by atoms with van der Waals surface area (Å²) in [5.74, 6) is 0. The Kier molecular flexibility index (Phi) is 3.13. The molecule has 1 aromatic heterocycles. The van der Waals surface area contributed by atoms with E-state index >= 15 is 0 Å². The van der Waals surface area contributed by atoms with E-state index in [2.05, 4.69) is 23.1 Å². The molecular formula is C13H21N3O2. The minimum Gasteiger partial charge on any atom is -0.389 e. The van der Waals surface area contributed by atoms with E-state index in [4.69, 9.17) is 4.74 Å². The first kappa shape index (κ1) is 12.1. The maximum absolute atomic E-state index is 10.2. The van der Waals surface area contributed by atoms with Crippen molar-refractivity contribution in [2.75, 3.05) is 19.7 Å². The zero-order valence-electron chi connectivity index (χ0n) is 10.9. The number of hydrogen-bond acceptors (Lipinski definition) is 4. The van der Waals surface area contributed by atoms with Gasteiger partial charge in [-0.15, -0.1) is 0 Å². The largest absolute Gasteiger partial charge is 0.389 e. The molecule has 0 saturated carbocycles. The first-order valence-electron chi connectivity index (χ1n) is 6.77. The van der Waals surface area contributed by atoms with Crippen molar-refractivity contribution in [3.8, 4) is 0 Å². The molecule has 18 heavy (non-hydrogen) atoms. The second kappa shape index (κ2) is 4.64. The molecule has 0 bridgehead atoms. The average molecular weight is 251 g/mol. The molecule has 2 aliphatic rings. The van der Waals surface area contributed by atoms with Crippen LogP contribution in [-0.2, 0) is 17.8 Å². The van der Waals surface area contributed by atoms with Crippen LogP contribution in [0.15, 0.2) is 12.4 Å². The van der Waals surface area contributed by atoms with Gasteiger partial charge in [-0.2, -0.15) is 5.10 Å². The number of ether oxygens (including phenoxy) is 1. The Hall–Kier alpha value is -0.910. The quantitative estimate of drug-likeness (QED) is 0.856. The van der Waals surface area contributed by atoms with Gasteiger partial charge in [-0.3, -0.25) is 9.58 Å². The standard InChI is InChI=1S/C13H21N3O2/c1-2-16-8-11(6-14-16)7-15-9-12(17)13(10-15)4-3-5-18-13/h6,8,12,17H,2-5,7,9-10H2,1H3/t12-,13-/m0/s1. The van der Waals surface area contributed by atoms with Crippen LogP contribution in [0.1, 0.15) is 25.3 Å². The topological polar surface area (TPSA) is 50.5 Å². The lowest BCUT2D eigenvalue weighted by atomic mass is 9.97. The molecule has 0 aromatic carbocycles. The van der Waals surface area contributed by atoms with Crippen LogP contribution >= 0.6 is 0 Å². The Morgan fingerprint density at radius 3 is 3.17 bits per heavy atom. The zero-order valence-corrected chi connectivity index (χ0v) is 10.9. The summed E-state index contributed by atoms with van der Waals surface area (Å²) in [6.07, 6.45) is 5.70. The lowest BCUT2D eigenvalue weighted by molar-refractivity contribution is -0.0593. The van der Waals surface area contributed by atoms with Crippen molar-refractivity contribution in [3.05, 3.63) is 18.0 Å². The summed E-state index contributed by atoms with van der Waals surface area (Å²) >= 11 is 0. The molecule has 2 aliphatic heterocycles. The number of aryl methyl sites for hydroxylation is 1. The minimum absolute atomic E-state index is 0.291. The van der Waals surface area contributed by atoms with E-state index in [0.29, 0.717) is 6.54 Å². The number of aliphatic hydroxyl groups is 1. The number of aromatic nitrogens is 2. The molecule has 1 N–H and O–H groups in total. The van der Waals surface area contributed by atoms with Crippen LogP contribution in [0.4, 0.5) is 0 Å². The molecule has 0 aliphatic carbocycles. The molecule has 100 valence electrons. The van der Waals surface area contributed by atoms with Crippen molar-refractivity contribution < 1.29 is 9.84 Å². The van der Waals surface area contributed by atoms with Crippen LogP contribution in [0.3, 0.4) is 0 Å². The molecule has 5 nitrogen and oxygen atoms in total. The highest BCUT2D eigenvalue weighted by atomic mass is 16.5. The summed E-state index contributed by atoms with van der Waals surface area (Å²) in [4.78, 5) is 2.27. The normalized spacial score (nSPS) is 32.7. The highest BCUT2D eigenvalue weighted by Gasteiger charge is 2.48. The van der Waals surface area contributed by atoms with Crippen molar-refractivity contribution in [2.45, 2.75) is 44.6 Å². The van der Waals surface area contributed by atoms with Crippen LogP contribution in [-0.4, -0.2) is 51.2 Å². The van der Waals surface area contributed by atoms with Crippen LogP contribution in [0.25, 0.3) is 0 Å². The number of nitrogens with zero attached hydrogens (tertiary/aromatic N) is 3. The van der Waals surface area contributed by atoms with Crippen LogP contribution in [0.2, 0.25) is 0 Å². The van der Waals surface area contributed by atoms with Crippen molar-refractivity contribution in [3.63, 3.8) is 0 Å². The molecule has 0 radical (unpaired) electrons. The van der Waals surface area contributed by atoms with Gasteiger partial charge < -0.3 is 9.84 Å². The fourth-order valence-corrected chi connectivity index (χ4v) is 3.11. The van der Waals surface area contributed by atoms with Crippen molar-refractivity contribution in [1.82, 2.24) is 14.7 Å². The molecule has 1 spiro atoms. The van der Waals surface area contributed by atoms with Crippen LogP contribution in [0, 0.1) is 0 Å². The van der Waals surface area contributed by atoms with Gasteiger partial charge in [0.25, 0.3) is 0 Å². The SMILES string of the molecule is CCn1cc(CN2C[C@H](O)[C@]3(CCCO3)C2)cn1. The van der Waals surface area contributed by atoms with Gasteiger partial charge in [-0.1, -0.05) is 0 Å². The summed E-state index contributed by atoms with van der Waals surface area (Å²) in [5.41, 5.74) is 0.917. The summed E-state index contributed by atoms with van der Waals surface area (Å²) in [7, 11) is 0. The third-order valence-electron chi connectivity index (χ3n) is 4.08. The number of hydrogen-bond donors (Lipinski definition) is 1. The summed E-state index contributed by atoms with van der Waals surface area (Å²) in [6, 6.07) is 0. The maximum atomic E-state index is 10.2. The molecular weight excluding hydrogens is 230 g/mol. The highest BCUT2D eigenvalue weighted by Crippen LogP contribution is 2.35. The van der Waals surface area contributed by atoms with Crippen molar-refractivity contribution in [1.29, 1.82) is 0 Å². The first-order valence-corrected chi connectivity index (χ1v) is 6.77. The molecule has 2 fully saturated rings. The fraction of sp³-hybridized carbons (Fsp3) is 0.769. The summed E-state index contributed by atoms with van der Waals surface area (Å²) in [5, 5.41) is 14.5. The lowest BCUT2D eigenvalue weighted by Crippen LogP contribution is -2.40. The summed E-state index contributed by atoms with van der Waals surface area (Å²) < 4.78 is 7.73. The number of β-amino-alcohol motifs (C(OH)–C–C–N with tert-alkyl or cyclic N) is 1. The molecule has 1 aromatic rings. The van der Waals surface area contributed by atoms with Crippen molar-refractivity contribution >= 4 is 0 Å².